The Kier molecular flexibility index (Phi) is 3.10. The number of hydrogen-bond donors (Lipinski definition) is 2. The fourth-order valence-corrected chi connectivity index (χ4v) is 3.11. The lowest BCUT2D eigenvalue weighted by molar-refractivity contribution is 0.432. The SMILES string of the molecule is Cc1nc2scc(C)n2c1CNc1ccc(O)c(F)c1. The summed E-state index contributed by atoms with van der Waals surface area (Å²) in [5.41, 5.74) is 3.79. The highest BCUT2D eigenvalue weighted by molar-refractivity contribution is 7.15. The number of aromatic nitrogens is 2. The molecule has 6 heteroatoms. The van der Waals surface area contributed by atoms with Crippen LogP contribution in [-0.2, 0) is 6.54 Å². The monoisotopic (exact) mass is 291 g/mol. The Bertz CT molecular complexity index is 778. The molecular formula is C14H14FN3OS. The van der Waals surface area contributed by atoms with Crippen molar-refractivity contribution in [3.05, 3.63) is 46.5 Å². The minimum atomic E-state index is -0.628. The van der Waals surface area contributed by atoms with E-state index in [-0.39, 0.29) is 5.75 Å². The summed E-state index contributed by atoms with van der Waals surface area (Å²) < 4.78 is 15.4. The third kappa shape index (κ3) is 2.12. The number of aryl methyl sites for hydroxylation is 2. The molecule has 4 nitrogen and oxygen atoms in total. The number of imidazole rings is 1. The van der Waals surface area contributed by atoms with E-state index in [0.717, 1.165) is 22.0 Å². The number of rotatable bonds is 3. The van der Waals surface area contributed by atoms with Crippen molar-refractivity contribution in [1.29, 1.82) is 0 Å². The Labute approximate surface area is 119 Å². The van der Waals surface area contributed by atoms with Crippen LogP contribution in [0.2, 0.25) is 0 Å². The maximum absolute atomic E-state index is 13.3. The van der Waals surface area contributed by atoms with Gasteiger partial charge in [0.2, 0.25) is 0 Å². The van der Waals surface area contributed by atoms with Gasteiger partial charge in [0.1, 0.15) is 0 Å². The average Bonchev–Trinajstić information content (AvgIpc) is 2.91. The van der Waals surface area contributed by atoms with E-state index in [1.165, 1.54) is 12.1 Å². The second-order valence-electron chi connectivity index (χ2n) is 4.66. The largest absolute Gasteiger partial charge is 0.505 e. The normalized spacial score (nSPS) is 11.2. The summed E-state index contributed by atoms with van der Waals surface area (Å²) in [7, 11) is 0. The Hall–Kier alpha value is -2.08. The zero-order valence-corrected chi connectivity index (χ0v) is 12.0. The zero-order chi connectivity index (χ0) is 14.3. The van der Waals surface area contributed by atoms with Crippen LogP contribution in [0.25, 0.3) is 4.96 Å². The van der Waals surface area contributed by atoms with Gasteiger partial charge in [-0.2, -0.15) is 0 Å². The number of halogens is 1. The maximum atomic E-state index is 13.3. The molecular weight excluding hydrogens is 277 g/mol. The summed E-state index contributed by atoms with van der Waals surface area (Å²) >= 11 is 1.61. The first kappa shape index (κ1) is 12.9. The molecule has 2 N–H and O–H groups in total. The smallest absolute Gasteiger partial charge is 0.194 e. The van der Waals surface area contributed by atoms with Gasteiger partial charge < -0.3 is 10.4 Å². The standard InChI is InChI=1S/C14H14FN3OS/c1-8-7-20-14-17-9(2)12(18(8)14)6-16-10-3-4-13(19)11(15)5-10/h3-5,7,16,19H,6H2,1-2H3. The number of phenolic OH excluding ortho intramolecular Hbond substituents is 1. The topological polar surface area (TPSA) is 49.6 Å². The molecule has 2 aromatic heterocycles. The summed E-state index contributed by atoms with van der Waals surface area (Å²) in [4.78, 5) is 5.47. The van der Waals surface area contributed by atoms with Crippen LogP contribution in [0.15, 0.2) is 23.6 Å². The molecule has 3 rings (SSSR count). The van der Waals surface area contributed by atoms with Gasteiger partial charge in [0.15, 0.2) is 16.5 Å². The molecule has 3 aromatic rings. The molecule has 20 heavy (non-hydrogen) atoms. The first-order valence-electron chi connectivity index (χ1n) is 6.20. The molecule has 0 fully saturated rings. The summed E-state index contributed by atoms with van der Waals surface area (Å²) in [5.74, 6) is -0.969. The molecule has 0 aliphatic heterocycles. The highest BCUT2D eigenvalue weighted by Gasteiger charge is 2.12. The van der Waals surface area contributed by atoms with Crippen molar-refractivity contribution < 1.29 is 9.50 Å². The van der Waals surface area contributed by atoms with E-state index in [1.807, 2.05) is 13.8 Å². The number of hydrogen-bond acceptors (Lipinski definition) is 4. The second kappa shape index (κ2) is 4.79. The molecule has 0 aliphatic rings. The molecule has 0 saturated carbocycles. The minimum absolute atomic E-state index is 0.341. The van der Waals surface area contributed by atoms with Crippen LogP contribution in [0.4, 0.5) is 10.1 Å². The van der Waals surface area contributed by atoms with Gasteiger partial charge in [-0.05, 0) is 26.0 Å². The van der Waals surface area contributed by atoms with Crippen LogP contribution in [-0.4, -0.2) is 14.5 Å². The van der Waals surface area contributed by atoms with Gasteiger partial charge in [-0.15, -0.1) is 11.3 Å². The third-order valence-corrected chi connectivity index (χ3v) is 4.18. The number of aromatic hydroxyl groups is 1. The molecule has 1 aromatic carbocycles. The molecule has 0 bridgehead atoms. The maximum Gasteiger partial charge on any atom is 0.194 e. The third-order valence-electron chi connectivity index (χ3n) is 3.24. The number of phenols is 1. The highest BCUT2D eigenvalue weighted by atomic mass is 32.1. The Morgan fingerprint density at radius 1 is 1.40 bits per heavy atom. The quantitative estimate of drug-likeness (QED) is 0.726. The number of benzene rings is 1. The van der Waals surface area contributed by atoms with Gasteiger partial charge in [0.25, 0.3) is 0 Å². The fraction of sp³-hybridized carbons (Fsp3) is 0.214. The summed E-state index contributed by atoms with van der Waals surface area (Å²) in [6.07, 6.45) is 0. The Morgan fingerprint density at radius 2 is 2.20 bits per heavy atom. The van der Waals surface area contributed by atoms with Crippen LogP contribution in [0, 0.1) is 19.7 Å². The van der Waals surface area contributed by atoms with E-state index in [9.17, 15) is 9.50 Å². The molecule has 0 spiro atoms. The van der Waals surface area contributed by atoms with Crippen LogP contribution >= 0.6 is 11.3 Å². The van der Waals surface area contributed by atoms with Crippen molar-refractivity contribution in [2.24, 2.45) is 0 Å². The summed E-state index contributed by atoms with van der Waals surface area (Å²) in [6, 6.07) is 4.27. The first-order valence-corrected chi connectivity index (χ1v) is 7.08. The summed E-state index contributed by atoms with van der Waals surface area (Å²) in [6.45, 7) is 4.55. The predicted octanol–water partition coefficient (Wildman–Crippen LogP) is 3.47. The van der Waals surface area contributed by atoms with Crippen molar-refractivity contribution in [3.63, 3.8) is 0 Å². The molecule has 104 valence electrons. The number of nitrogens with one attached hydrogen (secondary N) is 1. The van der Waals surface area contributed by atoms with E-state index in [2.05, 4.69) is 20.1 Å². The van der Waals surface area contributed by atoms with Crippen molar-refractivity contribution >= 4 is 22.0 Å². The van der Waals surface area contributed by atoms with E-state index in [1.54, 1.807) is 17.4 Å². The number of anilines is 1. The molecule has 0 saturated heterocycles. The Morgan fingerprint density at radius 3 is 2.95 bits per heavy atom. The van der Waals surface area contributed by atoms with E-state index >= 15 is 0 Å². The average molecular weight is 291 g/mol. The lowest BCUT2D eigenvalue weighted by atomic mass is 10.2. The van der Waals surface area contributed by atoms with E-state index < -0.39 is 5.82 Å². The lowest BCUT2D eigenvalue weighted by Crippen LogP contribution is -2.04. The van der Waals surface area contributed by atoms with Gasteiger partial charge in [-0.3, -0.25) is 4.40 Å². The van der Waals surface area contributed by atoms with Crippen LogP contribution in [0.3, 0.4) is 0 Å². The number of fused-ring (bicyclic) bond motifs is 1. The zero-order valence-electron chi connectivity index (χ0n) is 11.1. The van der Waals surface area contributed by atoms with Crippen molar-refractivity contribution in [3.8, 4) is 5.75 Å². The van der Waals surface area contributed by atoms with Crippen LogP contribution in [0.1, 0.15) is 17.1 Å². The van der Waals surface area contributed by atoms with Gasteiger partial charge in [0.05, 0.1) is 17.9 Å². The second-order valence-corrected chi connectivity index (χ2v) is 5.50. The molecule has 2 heterocycles. The first-order chi connectivity index (χ1) is 9.56. The minimum Gasteiger partial charge on any atom is -0.505 e. The van der Waals surface area contributed by atoms with Crippen molar-refractivity contribution in [2.75, 3.05) is 5.32 Å². The molecule has 0 radical (unpaired) electrons. The highest BCUT2D eigenvalue weighted by Crippen LogP contribution is 2.23. The summed E-state index contributed by atoms with van der Waals surface area (Å²) in [5, 5.41) is 14.4. The van der Waals surface area contributed by atoms with E-state index in [0.29, 0.717) is 12.2 Å². The van der Waals surface area contributed by atoms with Crippen LogP contribution < -0.4 is 5.32 Å². The predicted molar refractivity (Wildman–Crippen MR) is 77.9 cm³/mol. The fourth-order valence-electron chi connectivity index (χ4n) is 2.18. The van der Waals surface area contributed by atoms with Crippen LogP contribution in [0.5, 0.6) is 5.75 Å². The van der Waals surface area contributed by atoms with Crippen molar-refractivity contribution in [1.82, 2.24) is 9.38 Å². The van der Waals surface area contributed by atoms with Gasteiger partial charge >= 0.3 is 0 Å². The molecule has 0 amide bonds. The molecule has 0 atom stereocenters. The van der Waals surface area contributed by atoms with Gasteiger partial charge in [-0.25, -0.2) is 9.37 Å². The lowest BCUT2D eigenvalue weighted by Gasteiger charge is -2.08. The van der Waals surface area contributed by atoms with Crippen molar-refractivity contribution in [2.45, 2.75) is 20.4 Å². The Balaban J connectivity index is 1.88. The molecule has 0 unspecified atom stereocenters. The van der Waals surface area contributed by atoms with Gasteiger partial charge in [-0.1, -0.05) is 0 Å². The van der Waals surface area contributed by atoms with E-state index in [4.69, 9.17) is 0 Å². The number of thiazole rings is 1. The number of nitrogens with zero attached hydrogens (tertiary/aromatic N) is 2. The molecule has 0 aliphatic carbocycles. The van der Waals surface area contributed by atoms with Gasteiger partial charge in [0, 0.05) is 22.8 Å².